The first-order chi connectivity index (χ1) is 12.0. The molecule has 0 saturated heterocycles. The van der Waals surface area contributed by atoms with E-state index >= 15 is 0 Å². The van der Waals surface area contributed by atoms with Gasteiger partial charge in [-0.1, -0.05) is 17.3 Å². The topological polar surface area (TPSA) is 90.1 Å². The lowest BCUT2D eigenvalue weighted by Gasteiger charge is -2.27. The van der Waals surface area contributed by atoms with Crippen LogP contribution in [0.4, 0.5) is 10.2 Å². The molecular weight excluding hydrogens is 327 g/mol. The Kier molecular flexibility index (Phi) is 4.35. The number of carbonyl (C=O) groups excluding carboxylic acids is 1. The second kappa shape index (κ2) is 6.46. The molecule has 0 bridgehead atoms. The van der Waals surface area contributed by atoms with E-state index in [1.165, 1.54) is 25.6 Å². The highest BCUT2D eigenvalue weighted by atomic mass is 19.1. The summed E-state index contributed by atoms with van der Waals surface area (Å²) < 4.78 is 23.3. The molecule has 0 radical (unpaired) electrons. The Balaban J connectivity index is 1.94. The predicted octanol–water partition coefficient (Wildman–Crippen LogP) is 2.61. The van der Waals surface area contributed by atoms with Gasteiger partial charge in [0.25, 0.3) is 5.71 Å². The van der Waals surface area contributed by atoms with Crippen LogP contribution in [-0.4, -0.2) is 34.7 Å². The fourth-order valence-corrected chi connectivity index (χ4v) is 2.65. The average Bonchev–Trinajstić information content (AvgIpc) is 3.01. The van der Waals surface area contributed by atoms with Crippen molar-refractivity contribution in [2.75, 3.05) is 19.0 Å². The van der Waals surface area contributed by atoms with Gasteiger partial charge in [-0.25, -0.2) is 9.37 Å². The zero-order valence-electron chi connectivity index (χ0n) is 14.0. The lowest BCUT2D eigenvalue weighted by atomic mass is 9.82. The van der Waals surface area contributed by atoms with Gasteiger partial charge in [-0.15, -0.1) is 0 Å². The van der Waals surface area contributed by atoms with Crippen LogP contribution < -0.4 is 5.32 Å². The highest BCUT2D eigenvalue weighted by Crippen LogP contribution is 2.28. The highest BCUT2D eigenvalue weighted by Gasteiger charge is 2.36. The Morgan fingerprint density at radius 2 is 2.04 bits per heavy atom. The number of esters is 1. The van der Waals surface area contributed by atoms with Crippen LogP contribution in [0.25, 0.3) is 11.1 Å². The number of ether oxygens (including phenoxy) is 1. The summed E-state index contributed by atoms with van der Waals surface area (Å²) in [6, 6.07) is 5.75. The molecular formula is C17H17FN4O3. The number of fused-ring (bicyclic) bond motifs is 1. The minimum absolute atomic E-state index is 0.183. The van der Waals surface area contributed by atoms with Crippen LogP contribution in [0.5, 0.6) is 0 Å². The van der Waals surface area contributed by atoms with Gasteiger partial charge in [0.2, 0.25) is 0 Å². The van der Waals surface area contributed by atoms with E-state index < -0.39 is 11.4 Å². The third kappa shape index (κ3) is 3.02. The van der Waals surface area contributed by atoms with Gasteiger partial charge in [0, 0.05) is 6.54 Å². The molecule has 1 N–H and O–H groups in total. The largest absolute Gasteiger partial charge is 0.468 e. The van der Waals surface area contributed by atoms with E-state index in [4.69, 9.17) is 9.26 Å². The van der Waals surface area contributed by atoms with Crippen molar-refractivity contribution in [1.82, 2.24) is 15.1 Å². The second-order valence-electron chi connectivity index (χ2n) is 5.85. The van der Waals surface area contributed by atoms with E-state index in [9.17, 15) is 9.18 Å². The predicted molar refractivity (Wildman–Crippen MR) is 88.6 cm³/mol. The number of benzene rings is 1. The van der Waals surface area contributed by atoms with Crippen molar-refractivity contribution in [1.29, 1.82) is 0 Å². The molecule has 3 aromatic rings. The number of aromatic nitrogens is 3. The quantitative estimate of drug-likeness (QED) is 0.712. The van der Waals surface area contributed by atoms with Gasteiger partial charge in [0.15, 0.2) is 0 Å². The van der Waals surface area contributed by atoms with Crippen LogP contribution in [0.15, 0.2) is 35.1 Å². The summed E-state index contributed by atoms with van der Waals surface area (Å²) in [7, 11) is 1.32. The van der Waals surface area contributed by atoms with Gasteiger partial charge >= 0.3 is 5.97 Å². The monoisotopic (exact) mass is 344 g/mol. The molecule has 0 spiro atoms. The number of hydrogen-bond donors (Lipinski definition) is 1. The molecule has 1 aromatic carbocycles. The van der Waals surface area contributed by atoms with Crippen molar-refractivity contribution < 1.29 is 18.4 Å². The van der Waals surface area contributed by atoms with Crippen molar-refractivity contribution in [3.8, 4) is 0 Å². The number of nitrogens with zero attached hydrogens (tertiary/aromatic N) is 3. The van der Waals surface area contributed by atoms with Crippen LogP contribution in [0.3, 0.4) is 0 Å². The minimum atomic E-state index is -1.04. The summed E-state index contributed by atoms with van der Waals surface area (Å²) in [5.74, 6) is -0.318. The Morgan fingerprint density at radius 1 is 1.32 bits per heavy atom. The summed E-state index contributed by atoms with van der Waals surface area (Å²) in [6.45, 7) is 3.68. The van der Waals surface area contributed by atoms with Gasteiger partial charge in [-0.2, -0.15) is 4.98 Å². The summed E-state index contributed by atoms with van der Waals surface area (Å²) in [5.41, 5.74) is 0.585. The third-order valence-corrected chi connectivity index (χ3v) is 4.17. The molecule has 0 aliphatic heterocycles. The fourth-order valence-electron chi connectivity index (χ4n) is 2.65. The number of methoxy groups -OCH3 is 1. The Labute approximate surface area is 143 Å². The molecule has 2 aromatic heterocycles. The maximum atomic E-state index is 13.2. The first-order valence-corrected chi connectivity index (χ1v) is 7.61. The second-order valence-corrected chi connectivity index (χ2v) is 5.85. The molecule has 0 fully saturated rings. The van der Waals surface area contributed by atoms with Crippen molar-refractivity contribution in [2.24, 2.45) is 0 Å². The maximum absolute atomic E-state index is 13.2. The van der Waals surface area contributed by atoms with E-state index in [1.807, 2.05) is 0 Å². The molecule has 7 nitrogen and oxygen atoms in total. The minimum Gasteiger partial charge on any atom is -0.468 e. The normalized spacial score (nSPS) is 13.4. The number of anilines is 1. The number of aryl methyl sites for hydroxylation is 1. The molecule has 0 amide bonds. The summed E-state index contributed by atoms with van der Waals surface area (Å²) in [5, 5.41) is 7.65. The fraction of sp³-hybridized carbons (Fsp3) is 0.294. The molecule has 0 aliphatic rings. The molecule has 25 heavy (non-hydrogen) atoms. The molecule has 0 unspecified atom stereocenters. The van der Waals surface area contributed by atoms with Gasteiger partial charge in [0.05, 0.1) is 12.8 Å². The van der Waals surface area contributed by atoms with Crippen LogP contribution in [0, 0.1) is 12.7 Å². The lowest BCUT2D eigenvalue weighted by Crippen LogP contribution is -2.40. The van der Waals surface area contributed by atoms with Gasteiger partial charge in [0.1, 0.15) is 28.8 Å². The molecule has 0 saturated carbocycles. The van der Waals surface area contributed by atoms with Crippen LogP contribution >= 0.6 is 0 Å². The maximum Gasteiger partial charge on any atom is 0.317 e. The number of rotatable bonds is 5. The van der Waals surface area contributed by atoms with Crippen molar-refractivity contribution in [3.63, 3.8) is 0 Å². The summed E-state index contributed by atoms with van der Waals surface area (Å²) >= 11 is 0. The molecule has 2 heterocycles. The Hall–Kier alpha value is -3.03. The van der Waals surface area contributed by atoms with Crippen molar-refractivity contribution in [2.45, 2.75) is 19.3 Å². The highest BCUT2D eigenvalue weighted by molar-refractivity contribution is 5.88. The zero-order chi connectivity index (χ0) is 18.0. The van der Waals surface area contributed by atoms with E-state index in [0.29, 0.717) is 28.2 Å². The van der Waals surface area contributed by atoms with Crippen molar-refractivity contribution >= 4 is 22.9 Å². The molecule has 0 aliphatic carbocycles. The van der Waals surface area contributed by atoms with Crippen molar-refractivity contribution in [3.05, 3.63) is 47.7 Å². The Bertz CT molecular complexity index is 910. The van der Waals surface area contributed by atoms with Gasteiger partial charge in [-0.05, 0) is 31.5 Å². The number of nitrogens with one attached hydrogen (secondary N) is 1. The number of halogens is 1. The van der Waals surface area contributed by atoms with E-state index in [1.54, 1.807) is 26.0 Å². The van der Waals surface area contributed by atoms with Crippen LogP contribution in [0.2, 0.25) is 0 Å². The third-order valence-electron chi connectivity index (χ3n) is 4.17. The molecule has 130 valence electrons. The first kappa shape index (κ1) is 16.8. The van der Waals surface area contributed by atoms with Crippen LogP contribution in [0.1, 0.15) is 18.2 Å². The standard InChI is InChI=1S/C17H17FN4O3/c1-10-13-14(20-9-21-15(13)25-22-10)19-8-17(2,16(23)24-3)11-4-6-12(18)7-5-11/h4-7,9H,8H2,1-3H3,(H,19,20,21)/t17-/m1/s1. The van der Waals surface area contributed by atoms with E-state index in [2.05, 4.69) is 20.4 Å². The average molecular weight is 344 g/mol. The molecule has 3 rings (SSSR count). The van der Waals surface area contributed by atoms with Gasteiger partial charge < -0.3 is 14.6 Å². The van der Waals surface area contributed by atoms with E-state index in [0.717, 1.165) is 0 Å². The smallest absolute Gasteiger partial charge is 0.317 e. The summed E-state index contributed by atoms with van der Waals surface area (Å²) in [6.07, 6.45) is 1.35. The Morgan fingerprint density at radius 3 is 2.72 bits per heavy atom. The molecule has 8 heteroatoms. The summed E-state index contributed by atoms with van der Waals surface area (Å²) in [4.78, 5) is 20.6. The zero-order valence-corrected chi connectivity index (χ0v) is 14.0. The SMILES string of the molecule is COC(=O)[C@](C)(CNc1ncnc2onc(C)c12)c1ccc(F)cc1. The lowest BCUT2D eigenvalue weighted by molar-refractivity contribution is -0.146. The molecule has 1 atom stereocenters. The number of hydrogen-bond acceptors (Lipinski definition) is 7. The number of carbonyl (C=O) groups is 1. The van der Waals surface area contributed by atoms with Crippen LogP contribution in [-0.2, 0) is 14.9 Å². The first-order valence-electron chi connectivity index (χ1n) is 7.61. The van der Waals surface area contributed by atoms with E-state index in [-0.39, 0.29) is 12.4 Å². The van der Waals surface area contributed by atoms with Gasteiger partial charge in [-0.3, -0.25) is 4.79 Å².